The van der Waals surface area contributed by atoms with Gasteiger partial charge in [-0.2, -0.15) is 0 Å². The van der Waals surface area contributed by atoms with Crippen molar-refractivity contribution >= 4 is 21.8 Å². The lowest BCUT2D eigenvalue weighted by Gasteiger charge is -2.33. The van der Waals surface area contributed by atoms with Crippen molar-refractivity contribution < 1.29 is 28.2 Å². The molecule has 0 aliphatic carbocycles. The van der Waals surface area contributed by atoms with E-state index >= 15 is 0 Å². The Bertz CT molecular complexity index is 520. The van der Waals surface area contributed by atoms with Gasteiger partial charge in [0, 0.05) is 12.6 Å². The number of aliphatic carboxylic acids is 1. The topological polar surface area (TPSA) is 115 Å². The minimum atomic E-state index is -3.21. The lowest BCUT2D eigenvalue weighted by atomic mass is 10.2. The van der Waals surface area contributed by atoms with E-state index in [4.69, 9.17) is 5.11 Å². The number of nitrogens with zero attached hydrogens (tertiary/aromatic N) is 2. The minimum Gasteiger partial charge on any atom is -0.480 e. The first-order chi connectivity index (χ1) is 9.84. The molecule has 2 rings (SSSR count). The molecule has 0 saturated carbocycles. The fraction of sp³-hybridized carbons (Fsp3) is 0.833. The molecule has 21 heavy (non-hydrogen) atoms. The number of sulfone groups is 1. The van der Waals surface area contributed by atoms with E-state index in [1.807, 2.05) is 0 Å². The molecular formula is C12H20N2O6S. The van der Waals surface area contributed by atoms with E-state index in [1.165, 1.54) is 4.90 Å². The summed E-state index contributed by atoms with van der Waals surface area (Å²) < 4.78 is 23.1. The predicted octanol–water partition coefficient (Wildman–Crippen LogP) is -0.863. The van der Waals surface area contributed by atoms with Gasteiger partial charge in [0.25, 0.3) is 0 Å². The highest BCUT2D eigenvalue weighted by Gasteiger charge is 2.39. The SMILES string of the molecule is O=C(O)CN(C(=O)N1CCCC1CO)C1CCS(=O)(=O)C1. The summed E-state index contributed by atoms with van der Waals surface area (Å²) in [6.45, 7) is -0.233. The fourth-order valence-electron chi connectivity index (χ4n) is 2.96. The number of urea groups is 1. The molecule has 2 atom stereocenters. The number of aliphatic hydroxyl groups excluding tert-OH is 1. The fourth-order valence-corrected chi connectivity index (χ4v) is 4.69. The Morgan fingerprint density at radius 1 is 1.29 bits per heavy atom. The molecule has 0 spiro atoms. The normalized spacial score (nSPS) is 27.8. The second-order valence-corrected chi connectivity index (χ2v) is 7.76. The number of hydrogen-bond acceptors (Lipinski definition) is 5. The first-order valence-electron chi connectivity index (χ1n) is 6.94. The van der Waals surface area contributed by atoms with Crippen molar-refractivity contribution in [3.8, 4) is 0 Å². The first kappa shape index (κ1) is 16.0. The number of likely N-dealkylation sites (tertiary alicyclic amines) is 1. The van der Waals surface area contributed by atoms with Gasteiger partial charge in [0.05, 0.1) is 24.2 Å². The molecule has 2 aliphatic rings. The largest absolute Gasteiger partial charge is 0.480 e. The van der Waals surface area contributed by atoms with E-state index in [1.54, 1.807) is 0 Å². The third-order valence-electron chi connectivity index (χ3n) is 4.03. The van der Waals surface area contributed by atoms with E-state index in [2.05, 4.69) is 0 Å². The second kappa shape index (κ2) is 6.18. The summed E-state index contributed by atoms with van der Waals surface area (Å²) in [5.41, 5.74) is 0. The van der Waals surface area contributed by atoms with Crippen LogP contribution >= 0.6 is 0 Å². The van der Waals surface area contributed by atoms with Gasteiger partial charge in [0.15, 0.2) is 9.84 Å². The zero-order valence-corrected chi connectivity index (χ0v) is 12.5. The zero-order chi connectivity index (χ0) is 15.6. The molecule has 0 aromatic rings. The van der Waals surface area contributed by atoms with Crippen LogP contribution in [0.15, 0.2) is 0 Å². The van der Waals surface area contributed by atoms with Crippen molar-refractivity contribution in [1.82, 2.24) is 9.80 Å². The van der Waals surface area contributed by atoms with Crippen molar-refractivity contribution in [1.29, 1.82) is 0 Å². The van der Waals surface area contributed by atoms with Crippen LogP contribution in [0.2, 0.25) is 0 Å². The molecule has 0 aromatic carbocycles. The highest BCUT2D eigenvalue weighted by Crippen LogP contribution is 2.23. The first-order valence-corrected chi connectivity index (χ1v) is 8.76. The zero-order valence-electron chi connectivity index (χ0n) is 11.6. The van der Waals surface area contributed by atoms with Crippen molar-refractivity contribution in [2.45, 2.75) is 31.3 Å². The Labute approximate surface area is 123 Å². The number of aliphatic hydroxyl groups is 1. The number of amides is 2. The summed E-state index contributed by atoms with van der Waals surface area (Å²) in [6, 6.07) is -1.40. The molecule has 2 unspecified atom stereocenters. The molecule has 0 bridgehead atoms. The summed E-state index contributed by atoms with van der Waals surface area (Å²) in [6.07, 6.45) is 1.69. The molecule has 2 fully saturated rings. The average Bonchev–Trinajstić information content (AvgIpc) is 3.00. The molecule has 0 aromatic heterocycles. The predicted molar refractivity (Wildman–Crippen MR) is 73.6 cm³/mol. The number of carbonyl (C=O) groups is 2. The van der Waals surface area contributed by atoms with E-state index < -0.39 is 34.4 Å². The standard InChI is InChI=1S/C12H20N2O6S/c15-7-9-2-1-4-13(9)12(18)14(6-11(16)17)10-3-5-21(19,20)8-10/h9-10,15H,1-8H2,(H,16,17). The monoisotopic (exact) mass is 320 g/mol. The molecular weight excluding hydrogens is 300 g/mol. The van der Waals surface area contributed by atoms with Crippen molar-refractivity contribution in [2.24, 2.45) is 0 Å². The summed E-state index contributed by atoms with van der Waals surface area (Å²) in [7, 11) is -3.21. The molecule has 2 aliphatic heterocycles. The maximum atomic E-state index is 12.5. The Kier molecular flexibility index (Phi) is 4.72. The lowest BCUT2D eigenvalue weighted by Crippen LogP contribution is -2.52. The maximum absolute atomic E-state index is 12.5. The Hall–Kier alpha value is -1.35. The smallest absolute Gasteiger partial charge is 0.323 e. The molecule has 2 N–H and O–H groups in total. The minimum absolute atomic E-state index is 0.0233. The molecule has 8 nitrogen and oxygen atoms in total. The highest BCUT2D eigenvalue weighted by molar-refractivity contribution is 7.91. The Morgan fingerprint density at radius 3 is 2.52 bits per heavy atom. The van der Waals surface area contributed by atoms with E-state index in [-0.39, 0.29) is 30.6 Å². The number of carbonyl (C=O) groups excluding carboxylic acids is 1. The van der Waals surface area contributed by atoms with Gasteiger partial charge in [0.2, 0.25) is 0 Å². The number of rotatable bonds is 4. The lowest BCUT2D eigenvalue weighted by molar-refractivity contribution is -0.138. The summed E-state index contributed by atoms with van der Waals surface area (Å²) >= 11 is 0. The van der Waals surface area contributed by atoms with Crippen LogP contribution in [0.25, 0.3) is 0 Å². The number of carboxylic acids is 1. The van der Waals surface area contributed by atoms with E-state index in [9.17, 15) is 23.1 Å². The van der Waals surface area contributed by atoms with Crippen LogP contribution in [0.1, 0.15) is 19.3 Å². The van der Waals surface area contributed by atoms with Crippen molar-refractivity contribution in [3.05, 3.63) is 0 Å². The summed E-state index contributed by atoms with van der Waals surface area (Å²) in [5.74, 6) is -1.39. The van der Waals surface area contributed by atoms with Crippen LogP contribution in [0.3, 0.4) is 0 Å². The maximum Gasteiger partial charge on any atom is 0.323 e. The van der Waals surface area contributed by atoms with Crippen LogP contribution in [0, 0.1) is 0 Å². The van der Waals surface area contributed by atoms with Crippen LogP contribution in [0.4, 0.5) is 4.79 Å². The van der Waals surface area contributed by atoms with Gasteiger partial charge in [-0.15, -0.1) is 0 Å². The molecule has 2 amide bonds. The van der Waals surface area contributed by atoms with Crippen LogP contribution in [0.5, 0.6) is 0 Å². The van der Waals surface area contributed by atoms with E-state index in [0.29, 0.717) is 13.0 Å². The molecule has 9 heteroatoms. The van der Waals surface area contributed by atoms with Crippen LogP contribution < -0.4 is 0 Å². The van der Waals surface area contributed by atoms with Gasteiger partial charge >= 0.3 is 12.0 Å². The average molecular weight is 320 g/mol. The van der Waals surface area contributed by atoms with E-state index in [0.717, 1.165) is 11.3 Å². The van der Waals surface area contributed by atoms with Crippen LogP contribution in [-0.4, -0.2) is 83.7 Å². The molecule has 0 radical (unpaired) electrons. The van der Waals surface area contributed by atoms with Gasteiger partial charge in [-0.1, -0.05) is 0 Å². The van der Waals surface area contributed by atoms with Gasteiger partial charge in [-0.3, -0.25) is 4.79 Å². The third kappa shape index (κ3) is 3.65. The second-order valence-electron chi connectivity index (χ2n) is 5.53. The van der Waals surface area contributed by atoms with Crippen molar-refractivity contribution in [2.75, 3.05) is 31.2 Å². The van der Waals surface area contributed by atoms with Gasteiger partial charge < -0.3 is 20.0 Å². The van der Waals surface area contributed by atoms with Gasteiger partial charge in [-0.25, -0.2) is 13.2 Å². The van der Waals surface area contributed by atoms with Gasteiger partial charge in [-0.05, 0) is 19.3 Å². The summed E-state index contributed by atoms with van der Waals surface area (Å²) in [5, 5.41) is 18.3. The summed E-state index contributed by atoms with van der Waals surface area (Å²) in [4.78, 5) is 26.1. The number of hydrogen-bond donors (Lipinski definition) is 2. The molecule has 2 heterocycles. The van der Waals surface area contributed by atoms with Crippen molar-refractivity contribution in [3.63, 3.8) is 0 Å². The highest BCUT2D eigenvalue weighted by atomic mass is 32.2. The molecule has 2 saturated heterocycles. The molecule has 120 valence electrons. The third-order valence-corrected chi connectivity index (χ3v) is 5.78. The number of carboxylic acid groups (broad SMARTS) is 1. The Balaban J connectivity index is 2.16. The van der Waals surface area contributed by atoms with Crippen LogP contribution in [-0.2, 0) is 14.6 Å². The van der Waals surface area contributed by atoms with Gasteiger partial charge in [0.1, 0.15) is 6.54 Å². The quantitative estimate of drug-likeness (QED) is 0.696. The Morgan fingerprint density at radius 2 is 2.00 bits per heavy atom.